The minimum absolute atomic E-state index is 0.135. The van der Waals surface area contributed by atoms with E-state index in [1.807, 2.05) is 0 Å². The lowest BCUT2D eigenvalue weighted by Gasteiger charge is -2.15. The molecule has 0 radical (unpaired) electrons. The Bertz CT molecular complexity index is 668. The molecular weight excluding hydrogens is 381 g/mol. The van der Waals surface area contributed by atoms with Crippen molar-refractivity contribution in [3.63, 3.8) is 0 Å². The lowest BCUT2D eigenvalue weighted by Crippen LogP contribution is -2.18. The maximum atomic E-state index is 13.5. The van der Waals surface area contributed by atoms with Gasteiger partial charge in [0.25, 0.3) is 0 Å². The monoisotopic (exact) mass is 385 g/mol. The number of halogens is 6. The molecule has 0 aliphatic rings. The van der Waals surface area contributed by atoms with E-state index in [9.17, 15) is 17.6 Å². The maximum absolute atomic E-state index is 13.5. The third-order valence-electron chi connectivity index (χ3n) is 2.14. The molecule has 2 rings (SSSR count). The van der Waals surface area contributed by atoms with Crippen LogP contribution in [0.2, 0.25) is 5.28 Å². The van der Waals surface area contributed by atoms with Crippen molar-refractivity contribution < 1.29 is 22.3 Å². The summed E-state index contributed by atoms with van der Waals surface area (Å²) >= 11 is 8.53. The van der Waals surface area contributed by atoms with Crippen LogP contribution in [0.4, 0.5) is 29.1 Å². The topological polar surface area (TPSA) is 47.0 Å². The number of rotatable bonds is 3. The minimum atomic E-state index is -4.89. The summed E-state index contributed by atoms with van der Waals surface area (Å²) in [6, 6.07) is 3.80. The molecular formula is C11H5BrClF4N3O. The predicted octanol–water partition coefficient (Wildman–Crippen LogP) is 4.67. The molecule has 10 heteroatoms. The second-order valence-electron chi connectivity index (χ2n) is 3.65. The van der Waals surface area contributed by atoms with Gasteiger partial charge < -0.3 is 10.1 Å². The molecule has 1 aromatic carbocycles. The Morgan fingerprint density at radius 1 is 1.29 bits per heavy atom. The van der Waals surface area contributed by atoms with Crippen LogP contribution in [-0.4, -0.2) is 16.3 Å². The molecule has 0 bridgehead atoms. The van der Waals surface area contributed by atoms with Gasteiger partial charge in [-0.2, -0.15) is 4.98 Å². The first-order valence-electron chi connectivity index (χ1n) is 5.25. The van der Waals surface area contributed by atoms with E-state index in [2.05, 4.69) is 36.0 Å². The number of alkyl halides is 3. The van der Waals surface area contributed by atoms with E-state index in [0.717, 1.165) is 12.3 Å². The molecule has 0 saturated heterocycles. The highest BCUT2D eigenvalue weighted by Crippen LogP contribution is 2.34. The molecule has 1 heterocycles. The van der Waals surface area contributed by atoms with Gasteiger partial charge >= 0.3 is 6.36 Å². The van der Waals surface area contributed by atoms with Gasteiger partial charge in [0.2, 0.25) is 5.28 Å². The highest BCUT2D eigenvalue weighted by molar-refractivity contribution is 9.10. The number of anilines is 2. The fraction of sp³-hybridized carbons (Fsp3) is 0.0909. The first-order valence-corrected chi connectivity index (χ1v) is 6.42. The van der Waals surface area contributed by atoms with Crippen molar-refractivity contribution in [2.75, 3.05) is 5.32 Å². The highest BCUT2D eigenvalue weighted by atomic mass is 79.9. The van der Waals surface area contributed by atoms with Crippen LogP contribution in [0.15, 0.2) is 28.9 Å². The zero-order valence-corrected chi connectivity index (χ0v) is 12.2. The Kier molecular flexibility index (Phi) is 4.52. The van der Waals surface area contributed by atoms with Crippen LogP contribution >= 0.6 is 27.5 Å². The minimum Gasteiger partial charge on any atom is -0.404 e. The summed E-state index contributed by atoms with van der Waals surface area (Å²) in [6.07, 6.45) is -4.10. The van der Waals surface area contributed by atoms with Crippen LogP contribution in [0.3, 0.4) is 0 Å². The fourth-order valence-corrected chi connectivity index (χ4v) is 1.84. The molecule has 21 heavy (non-hydrogen) atoms. The van der Waals surface area contributed by atoms with Gasteiger partial charge in [-0.05, 0) is 29.8 Å². The summed E-state index contributed by atoms with van der Waals surface area (Å²) in [7, 11) is 0. The zero-order chi connectivity index (χ0) is 15.6. The molecule has 0 saturated carbocycles. The summed E-state index contributed by atoms with van der Waals surface area (Å²) in [6.45, 7) is 0. The van der Waals surface area contributed by atoms with Crippen LogP contribution in [0.1, 0.15) is 0 Å². The molecule has 0 fully saturated rings. The Hall–Kier alpha value is -1.61. The Balaban J connectivity index is 2.37. The molecule has 0 amide bonds. The first kappa shape index (κ1) is 15.8. The maximum Gasteiger partial charge on any atom is 0.573 e. The zero-order valence-electron chi connectivity index (χ0n) is 9.88. The number of benzene rings is 1. The second kappa shape index (κ2) is 6.02. The standard InChI is InChI=1S/C11H5BrClF4N3O/c12-5-1-2-7(8(3-5)21-11(15,16)17)19-9-6(14)4-18-10(13)20-9/h1-4H,(H,18,19,20). The van der Waals surface area contributed by atoms with Gasteiger partial charge in [-0.3, -0.25) is 0 Å². The van der Waals surface area contributed by atoms with Crippen molar-refractivity contribution in [2.24, 2.45) is 0 Å². The van der Waals surface area contributed by atoms with Gasteiger partial charge in [0.05, 0.1) is 11.9 Å². The van der Waals surface area contributed by atoms with E-state index in [1.165, 1.54) is 12.1 Å². The van der Waals surface area contributed by atoms with Crippen molar-refractivity contribution in [3.8, 4) is 5.75 Å². The van der Waals surface area contributed by atoms with Gasteiger partial charge in [0, 0.05) is 4.47 Å². The van der Waals surface area contributed by atoms with Crippen molar-refractivity contribution in [2.45, 2.75) is 6.36 Å². The SMILES string of the molecule is Fc1cnc(Cl)nc1Nc1ccc(Br)cc1OC(F)(F)F. The van der Waals surface area contributed by atoms with Crippen molar-refractivity contribution in [3.05, 3.63) is 40.0 Å². The number of ether oxygens (including phenoxy) is 1. The van der Waals surface area contributed by atoms with Crippen LogP contribution in [0.25, 0.3) is 0 Å². The van der Waals surface area contributed by atoms with Crippen LogP contribution in [0.5, 0.6) is 5.75 Å². The third kappa shape index (κ3) is 4.43. The molecule has 0 aliphatic carbocycles. The van der Waals surface area contributed by atoms with Crippen molar-refractivity contribution in [1.82, 2.24) is 9.97 Å². The number of hydrogen-bond acceptors (Lipinski definition) is 4. The van der Waals surface area contributed by atoms with Gasteiger partial charge in [-0.25, -0.2) is 9.37 Å². The van der Waals surface area contributed by atoms with Gasteiger partial charge in [-0.1, -0.05) is 15.9 Å². The number of hydrogen-bond donors (Lipinski definition) is 1. The average molecular weight is 387 g/mol. The average Bonchev–Trinajstić information content (AvgIpc) is 2.35. The predicted molar refractivity (Wildman–Crippen MR) is 71.1 cm³/mol. The summed E-state index contributed by atoms with van der Waals surface area (Å²) in [4.78, 5) is 6.95. The Labute approximate surface area is 129 Å². The van der Waals surface area contributed by atoms with E-state index >= 15 is 0 Å². The molecule has 1 N–H and O–H groups in total. The summed E-state index contributed by atoms with van der Waals surface area (Å²) in [5.41, 5.74) is -0.135. The van der Waals surface area contributed by atoms with E-state index in [1.54, 1.807) is 0 Å². The van der Waals surface area contributed by atoms with Crippen molar-refractivity contribution in [1.29, 1.82) is 0 Å². The third-order valence-corrected chi connectivity index (χ3v) is 2.81. The van der Waals surface area contributed by atoms with Gasteiger partial charge in [0.15, 0.2) is 17.4 Å². The molecule has 0 atom stereocenters. The molecule has 0 spiro atoms. The molecule has 0 unspecified atom stereocenters. The quantitative estimate of drug-likeness (QED) is 0.615. The largest absolute Gasteiger partial charge is 0.573 e. The lowest BCUT2D eigenvalue weighted by molar-refractivity contribution is -0.274. The highest BCUT2D eigenvalue weighted by Gasteiger charge is 2.32. The molecule has 2 aromatic rings. The fourth-order valence-electron chi connectivity index (χ4n) is 1.37. The molecule has 0 aliphatic heterocycles. The summed E-state index contributed by atoms with van der Waals surface area (Å²) < 4.78 is 54.8. The Morgan fingerprint density at radius 3 is 2.67 bits per heavy atom. The van der Waals surface area contributed by atoms with E-state index in [0.29, 0.717) is 4.47 Å². The molecule has 1 aromatic heterocycles. The second-order valence-corrected chi connectivity index (χ2v) is 4.90. The van der Waals surface area contributed by atoms with Gasteiger partial charge in [-0.15, -0.1) is 13.2 Å². The number of aromatic nitrogens is 2. The molecule has 4 nitrogen and oxygen atoms in total. The lowest BCUT2D eigenvalue weighted by atomic mass is 10.3. The van der Waals surface area contributed by atoms with Crippen molar-refractivity contribution >= 4 is 39.0 Å². The van der Waals surface area contributed by atoms with Gasteiger partial charge in [0.1, 0.15) is 0 Å². The number of nitrogens with zero attached hydrogens (tertiary/aromatic N) is 2. The smallest absolute Gasteiger partial charge is 0.404 e. The van der Waals surface area contributed by atoms with E-state index in [-0.39, 0.29) is 16.8 Å². The van der Waals surface area contributed by atoms with Crippen LogP contribution < -0.4 is 10.1 Å². The summed E-state index contributed by atoms with van der Waals surface area (Å²) in [5, 5.41) is 2.12. The van der Waals surface area contributed by atoms with E-state index < -0.39 is 17.9 Å². The van der Waals surface area contributed by atoms with E-state index in [4.69, 9.17) is 11.6 Å². The first-order chi connectivity index (χ1) is 9.74. The summed E-state index contributed by atoms with van der Waals surface area (Å²) in [5.74, 6) is -1.80. The van der Waals surface area contributed by atoms with Crippen LogP contribution in [-0.2, 0) is 0 Å². The van der Waals surface area contributed by atoms with Crippen LogP contribution in [0, 0.1) is 5.82 Å². The number of nitrogens with one attached hydrogen (secondary N) is 1. The Morgan fingerprint density at radius 2 is 2.00 bits per heavy atom. The molecule has 112 valence electrons. The normalized spacial score (nSPS) is 11.3.